The molecule has 0 saturated carbocycles. The first-order valence-electron chi connectivity index (χ1n) is 8.44. The Morgan fingerprint density at radius 3 is 2.39 bits per heavy atom. The van der Waals surface area contributed by atoms with Gasteiger partial charge in [-0.25, -0.2) is 23.1 Å². The summed E-state index contributed by atoms with van der Waals surface area (Å²) in [6.45, 7) is 0. The largest absolute Gasteiger partial charge is 0.339 e. The Balaban J connectivity index is 1.64. The molecule has 4 rings (SSSR count). The molecule has 0 aliphatic heterocycles. The third kappa shape index (κ3) is 4.09. The van der Waals surface area contributed by atoms with Crippen molar-refractivity contribution in [1.82, 2.24) is 9.97 Å². The van der Waals surface area contributed by atoms with Crippen LogP contribution in [-0.2, 0) is 5.75 Å². The fraction of sp³-hybridized carbons (Fsp3) is 0.0476. The number of hydrogen-bond acceptors (Lipinski definition) is 4. The number of rotatable bonds is 5. The van der Waals surface area contributed by atoms with Gasteiger partial charge in [-0.2, -0.15) is 0 Å². The van der Waals surface area contributed by atoms with Crippen LogP contribution in [0.15, 0.2) is 71.9 Å². The standard InChI is InChI=1S/C21H14F3N3S/c22-14-7-5-13(6-8-14)12-28-21-26-19-4-2-1-3-16(19)20(27-21)25-15-9-10-17(23)18(24)11-15/h1-11H,12H2,(H,25,26,27). The van der Waals surface area contributed by atoms with E-state index in [9.17, 15) is 13.2 Å². The Labute approximate surface area is 163 Å². The second-order valence-corrected chi connectivity index (χ2v) is 6.98. The minimum absolute atomic E-state index is 0.284. The maximum atomic E-state index is 13.5. The summed E-state index contributed by atoms with van der Waals surface area (Å²) in [5.74, 6) is -1.06. The third-order valence-corrected chi connectivity index (χ3v) is 4.96. The molecule has 0 radical (unpaired) electrons. The van der Waals surface area contributed by atoms with Gasteiger partial charge in [-0.05, 0) is 42.0 Å². The van der Waals surface area contributed by atoms with E-state index < -0.39 is 11.6 Å². The monoisotopic (exact) mass is 397 g/mol. The number of hydrogen-bond donors (Lipinski definition) is 1. The van der Waals surface area contributed by atoms with Gasteiger partial charge >= 0.3 is 0 Å². The highest BCUT2D eigenvalue weighted by molar-refractivity contribution is 7.98. The number of aromatic nitrogens is 2. The van der Waals surface area contributed by atoms with Crippen LogP contribution in [0.1, 0.15) is 5.56 Å². The van der Waals surface area contributed by atoms with Crippen molar-refractivity contribution in [3.05, 3.63) is 89.7 Å². The molecule has 0 unspecified atom stereocenters. The summed E-state index contributed by atoms with van der Waals surface area (Å²) < 4.78 is 39.8. The number of nitrogens with zero attached hydrogens (tertiary/aromatic N) is 2. The molecular weight excluding hydrogens is 383 g/mol. The van der Waals surface area contributed by atoms with Crippen molar-refractivity contribution in [2.45, 2.75) is 10.9 Å². The number of thioether (sulfide) groups is 1. The van der Waals surface area contributed by atoms with Gasteiger partial charge in [0.15, 0.2) is 16.8 Å². The Morgan fingerprint density at radius 1 is 0.821 bits per heavy atom. The summed E-state index contributed by atoms with van der Waals surface area (Å²) in [4.78, 5) is 9.08. The molecule has 4 aromatic rings. The topological polar surface area (TPSA) is 37.8 Å². The van der Waals surface area contributed by atoms with E-state index in [0.717, 1.165) is 28.6 Å². The highest BCUT2D eigenvalue weighted by Crippen LogP contribution is 2.28. The summed E-state index contributed by atoms with van der Waals surface area (Å²) >= 11 is 1.41. The fourth-order valence-electron chi connectivity index (χ4n) is 2.65. The van der Waals surface area contributed by atoms with Crippen molar-refractivity contribution in [2.75, 3.05) is 5.32 Å². The molecule has 3 aromatic carbocycles. The van der Waals surface area contributed by atoms with Crippen LogP contribution in [0.5, 0.6) is 0 Å². The summed E-state index contributed by atoms with van der Waals surface area (Å²) in [5.41, 5.74) is 2.06. The van der Waals surface area contributed by atoms with E-state index in [1.165, 1.54) is 30.0 Å². The normalized spacial score (nSPS) is 11.0. The SMILES string of the molecule is Fc1ccc(CSc2nc(Nc3ccc(F)c(F)c3)c3ccccc3n2)cc1. The van der Waals surface area contributed by atoms with Gasteiger partial charge in [0.05, 0.1) is 5.52 Å². The molecule has 1 heterocycles. The number of halogens is 3. The zero-order valence-corrected chi connectivity index (χ0v) is 15.3. The average molecular weight is 397 g/mol. The van der Waals surface area contributed by atoms with Gasteiger partial charge in [0.2, 0.25) is 0 Å². The van der Waals surface area contributed by atoms with Gasteiger partial charge in [-0.3, -0.25) is 0 Å². The van der Waals surface area contributed by atoms with Crippen LogP contribution in [0.4, 0.5) is 24.7 Å². The van der Waals surface area contributed by atoms with Gasteiger partial charge in [-0.15, -0.1) is 0 Å². The molecule has 0 bridgehead atoms. The van der Waals surface area contributed by atoms with Gasteiger partial charge in [-0.1, -0.05) is 36.0 Å². The molecule has 0 aliphatic rings. The van der Waals surface area contributed by atoms with Gasteiger partial charge in [0.1, 0.15) is 11.6 Å². The highest BCUT2D eigenvalue weighted by atomic mass is 32.2. The molecule has 28 heavy (non-hydrogen) atoms. The number of anilines is 2. The van der Waals surface area contributed by atoms with Crippen molar-refractivity contribution in [3.8, 4) is 0 Å². The van der Waals surface area contributed by atoms with Gasteiger partial charge in [0.25, 0.3) is 0 Å². The minimum Gasteiger partial charge on any atom is -0.339 e. The van der Waals surface area contributed by atoms with Gasteiger partial charge in [0, 0.05) is 22.9 Å². The van der Waals surface area contributed by atoms with E-state index in [1.807, 2.05) is 24.3 Å². The number of para-hydroxylation sites is 1. The predicted octanol–water partition coefficient (Wildman–Crippen LogP) is 6.08. The van der Waals surface area contributed by atoms with Crippen LogP contribution in [0.3, 0.4) is 0 Å². The molecule has 0 amide bonds. The van der Waals surface area contributed by atoms with Crippen molar-refractivity contribution in [3.63, 3.8) is 0 Å². The first kappa shape index (κ1) is 18.3. The molecule has 0 fully saturated rings. The summed E-state index contributed by atoms with van der Waals surface area (Å²) in [7, 11) is 0. The predicted molar refractivity (Wildman–Crippen MR) is 105 cm³/mol. The lowest BCUT2D eigenvalue weighted by atomic mass is 10.2. The second-order valence-electron chi connectivity index (χ2n) is 6.04. The second kappa shape index (κ2) is 7.90. The molecule has 0 atom stereocenters. The Bertz CT molecular complexity index is 1130. The van der Waals surface area contributed by atoms with E-state index in [1.54, 1.807) is 12.1 Å². The highest BCUT2D eigenvalue weighted by Gasteiger charge is 2.10. The minimum atomic E-state index is -0.936. The van der Waals surface area contributed by atoms with E-state index in [-0.39, 0.29) is 5.82 Å². The lowest BCUT2D eigenvalue weighted by Gasteiger charge is -2.11. The zero-order chi connectivity index (χ0) is 19.5. The number of nitrogens with one attached hydrogen (secondary N) is 1. The molecule has 3 nitrogen and oxygen atoms in total. The average Bonchev–Trinajstić information content (AvgIpc) is 2.70. The molecule has 0 saturated heterocycles. The van der Waals surface area contributed by atoms with E-state index >= 15 is 0 Å². The van der Waals surface area contributed by atoms with Crippen molar-refractivity contribution in [2.24, 2.45) is 0 Å². The molecule has 1 N–H and O–H groups in total. The van der Waals surface area contributed by atoms with Crippen molar-refractivity contribution < 1.29 is 13.2 Å². The van der Waals surface area contributed by atoms with Gasteiger partial charge < -0.3 is 5.32 Å². The molecular formula is C21H14F3N3S. The lowest BCUT2D eigenvalue weighted by Crippen LogP contribution is -1.99. The Morgan fingerprint density at radius 2 is 1.61 bits per heavy atom. The number of benzene rings is 3. The summed E-state index contributed by atoms with van der Waals surface area (Å²) in [6.07, 6.45) is 0. The molecule has 0 spiro atoms. The van der Waals surface area contributed by atoms with E-state index in [2.05, 4.69) is 15.3 Å². The summed E-state index contributed by atoms with van der Waals surface area (Å²) in [5, 5.41) is 4.32. The van der Waals surface area contributed by atoms with Crippen LogP contribution < -0.4 is 5.32 Å². The van der Waals surface area contributed by atoms with E-state index in [0.29, 0.717) is 22.4 Å². The van der Waals surface area contributed by atoms with E-state index in [4.69, 9.17) is 0 Å². The van der Waals surface area contributed by atoms with Crippen molar-refractivity contribution in [1.29, 1.82) is 0 Å². The van der Waals surface area contributed by atoms with Crippen LogP contribution in [0.25, 0.3) is 10.9 Å². The first-order chi connectivity index (χ1) is 13.6. The number of fused-ring (bicyclic) bond motifs is 1. The Hall–Kier alpha value is -3.06. The quantitative estimate of drug-likeness (QED) is 0.327. The zero-order valence-electron chi connectivity index (χ0n) is 14.5. The molecule has 0 aliphatic carbocycles. The maximum Gasteiger partial charge on any atom is 0.190 e. The smallest absolute Gasteiger partial charge is 0.190 e. The fourth-order valence-corrected chi connectivity index (χ4v) is 3.46. The van der Waals surface area contributed by atoms with Crippen LogP contribution in [0, 0.1) is 17.5 Å². The van der Waals surface area contributed by atoms with Crippen LogP contribution >= 0.6 is 11.8 Å². The molecule has 1 aromatic heterocycles. The third-order valence-electron chi connectivity index (χ3n) is 4.05. The van der Waals surface area contributed by atoms with Crippen LogP contribution in [-0.4, -0.2) is 9.97 Å². The maximum absolute atomic E-state index is 13.5. The van der Waals surface area contributed by atoms with Crippen LogP contribution in [0.2, 0.25) is 0 Å². The van der Waals surface area contributed by atoms with Crippen molar-refractivity contribution >= 4 is 34.2 Å². The first-order valence-corrected chi connectivity index (χ1v) is 9.43. The lowest BCUT2D eigenvalue weighted by molar-refractivity contribution is 0.509. The molecule has 7 heteroatoms. The summed E-state index contributed by atoms with van der Waals surface area (Å²) in [6, 6.07) is 17.3. The molecule has 140 valence electrons. The Kier molecular flexibility index (Phi) is 5.16.